The number of amides is 1. The summed E-state index contributed by atoms with van der Waals surface area (Å²) in [6.45, 7) is 10.5. The Balaban J connectivity index is 1.44. The third kappa shape index (κ3) is 6.62. The van der Waals surface area contributed by atoms with Crippen molar-refractivity contribution in [3.05, 3.63) is 90.5 Å². The number of hydrogen-bond acceptors (Lipinski definition) is 5. The lowest BCUT2D eigenvalue weighted by atomic mass is 9.90. The molecule has 198 valence electrons. The van der Waals surface area contributed by atoms with Gasteiger partial charge < -0.3 is 14.2 Å². The molecule has 1 N–H and O–H groups in total. The van der Waals surface area contributed by atoms with Crippen molar-refractivity contribution in [1.29, 1.82) is 0 Å². The Bertz CT molecular complexity index is 1260. The molecule has 3 aromatic carbocycles. The Morgan fingerprint density at radius 1 is 0.947 bits per heavy atom. The second-order valence-electron chi connectivity index (χ2n) is 10.6. The second-order valence-corrected chi connectivity index (χ2v) is 10.6. The zero-order valence-corrected chi connectivity index (χ0v) is 22.3. The van der Waals surface area contributed by atoms with Crippen LogP contribution < -0.4 is 14.8 Å². The highest BCUT2D eigenvalue weighted by atomic mass is 16.6. The fraction of sp³-hybridized carbons (Fsp3) is 0.312. The molecule has 0 unspecified atom stereocenters. The maximum absolute atomic E-state index is 12.9. The topological polar surface area (TPSA) is 73.9 Å². The minimum absolute atomic E-state index is 0.0509. The molecule has 38 heavy (non-hydrogen) atoms. The van der Waals surface area contributed by atoms with E-state index in [2.05, 4.69) is 56.9 Å². The summed E-state index contributed by atoms with van der Waals surface area (Å²) in [7, 11) is 0. The number of hydrogen-bond donors (Lipinski definition) is 1. The van der Waals surface area contributed by atoms with Gasteiger partial charge in [0.25, 0.3) is 0 Å². The summed E-state index contributed by atoms with van der Waals surface area (Å²) in [5.74, 6) is 0.0927. The minimum Gasteiger partial charge on any atom is -0.483 e. The molecule has 1 aliphatic rings. The first kappa shape index (κ1) is 27.0. The third-order valence-corrected chi connectivity index (χ3v) is 6.44. The molecule has 0 saturated heterocycles. The highest BCUT2D eigenvalue weighted by Gasteiger charge is 2.29. The standard InChI is InChI=1S/C32H35NO5/c1-5-20-36-30-27(16-10-17-28(30)38-29(34)18-11-19-32(2,3)4)33-31(35)37-21-26-24-14-8-6-12-22(24)23-13-7-9-15-25(23)26/h5-10,12-17,26H,1,11,18-21H2,2-4H3,(H,33,35). The van der Waals surface area contributed by atoms with Crippen molar-refractivity contribution >= 4 is 17.7 Å². The SMILES string of the molecule is C=CCOc1c(NC(=O)OCC2c3ccccc3-c3ccccc32)cccc1OC(=O)CCCC(C)(C)C. The minimum atomic E-state index is -0.621. The summed E-state index contributed by atoms with van der Waals surface area (Å²) in [4.78, 5) is 25.4. The van der Waals surface area contributed by atoms with Crippen LogP contribution in [0, 0.1) is 5.41 Å². The molecule has 4 rings (SSSR count). The van der Waals surface area contributed by atoms with E-state index in [0.717, 1.165) is 35.1 Å². The van der Waals surface area contributed by atoms with Crippen molar-refractivity contribution in [3.8, 4) is 22.6 Å². The highest BCUT2D eigenvalue weighted by molar-refractivity contribution is 5.88. The number of para-hydroxylation sites is 1. The fourth-order valence-corrected chi connectivity index (χ4v) is 4.67. The number of carbonyl (C=O) groups is 2. The molecule has 0 saturated carbocycles. The maximum atomic E-state index is 12.9. The zero-order valence-electron chi connectivity index (χ0n) is 22.3. The van der Waals surface area contributed by atoms with Crippen LogP contribution in [0.3, 0.4) is 0 Å². The van der Waals surface area contributed by atoms with Gasteiger partial charge in [-0.2, -0.15) is 0 Å². The van der Waals surface area contributed by atoms with Crippen molar-refractivity contribution in [3.63, 3.8) is 0 Å². The van der Waals surface area contributed by atoms with Gasteiger partial charge in [0.05, 0.1) is 5.69 Å². The van der Waals surface area contributed by atoms with Crippen molar-refractivity contribution in [1.82, 2.24) is 0 Å². The third-order valence-electron chi connectivity index (χ3n) is 6.44. The zero-order chi connectivity index (χ0) is 27.1. The van der Waals surface area contributed by atoms with Crippen LogP contribution in [-0.2, 0) is 9.53 Å². The molecule has 1 aliphatic carbocycles. The summed E-state index contributed by atoms with van der Waals surface area (Å²) in [5.41, 5.74) is 5.09. The first-order valence-electron chi connectivity index (χ1n) is 13.0. The van der Waals surface area contributed by atoms with E-state index in [9.17, 15) is 9.59 Å². The lowest BCUT2D eigenvalue weighted by Gasteiger charge is -2.18. The molecule has 0 heterocycles. The number of rotatable bonds is 10. The van der Waals surface area contributed by atoms with Gasteiger partial charge in [0.1, 0.15) is 13.2 Å². The summed E-state index contributed by atoms with van der Waals surface area (Å²) < 4.78 is 17.1. The Kier molecular flexibility index (Phi) is 8.52. The molecule has 6 nitrogen and oxygen atoms in total. The normalized spacial score (nSPS) is 12.3. The van der Waals surface area contributed by atoms with Gasteiger partial charge in [-0.3, -0.25) is 10.1 Å². The maximum Gasteiger partial charge on any atom is 0.411 e. The van der Waals surface area contributed by atoms with Gasteiger partial charge in [0, 0.05) is 12.3 Å². The summed E-state index contributed by atoms with van der Waals surface area (Å²) in [6, 6.07) is 21.4. The van der Waals surface area contributed by atoms with Crippen LogP contribution in [0.15, 0.2) is 79.4 Å². The summed E-state index contributed by atoms with van der Waals surface area (Å²) >= 11 is 0. The number of nitrogens with one attached hydrogen (secondary N) is 1. The Labute approximate surface area is 224 Å². The molecule has 6 heteroatoms. The number of ether oxygens (including phenoxy) is 3. The average Bonchev–Trinajstić information content (AvgIpc) is 3.20. The van der Waals surface area contributed by atoms with Gasteiger partial charge >= 0.3 is 12.1 Å². The number of carbonyl (C=O) groups excluding carboxylic acids is 2. The van der Waals surface area contributed by atoms with E-state index in [1.54, 1.807) is 24.3 Å². The molecule has 0 atom stereocenters. The molecule has 0 bridgehead atoms. The molecule has 3 aromatic rings. The Morgan fingerprint density at radius 3 is 2.24 bits per heavy atom. The van der Waals surface area contributed by atoms with Crippen LogP contribution in [0.4, 0.5) is 10.5 Å². The number of anilines is 1. The molecule has 0 radical (unpaired) electrons. The van der Waals surface area contributed by atoms with Gasteiger partial charge in [0.2, 0.25) is 0 Å². The van der Waals surface area contributed by atoms with Crippen molar-refractivity contribution in [2.75, 3.05) is 18.5 Å². The summed E-state index contributed by atoms with van der Waals surface area (Å²) in [6.07, 6.45) is 2.89. The first-order chi connectivity index (χ1) is 18.3. The van der Waals surface area contributed by atoms with Crippen molar-refractivity contribution in [2.45, 2.75) is 46.0 Å². The largest absolute Gasteiger partial charge is 0.483 e. The number of benzene rings is 3. The van der Waals surface area contributed by atoms with Gasteiger partial charge in [0.15, 0.2) is 11.5 Å². The van der Waals surface area contributed by atoms with Crippen molar-refractivity contribution < 1.29 is 23.8 Å². The number of fused-ring (bicyclic) bond motifs is 3. The molecule has 1 amide bonds. The van der Waals surface area contributed by atoms with E-state index in [-0.39, 0.29) is 42.0 Å². The molecular weight excluding hydrogens is 478 g/mol. The monoisotopic (exact) mass is 513 g/mol. The quantitative estimate of drug-likeness (QED) is 0.171. The molecule has 0 aliphatic heterocycles. The van der Waals surface area contributed by atoms with Crippen LogP contribution in [-0.4, -0.2) is 25.3 Å². The second kappa shape index (κ2) is 12.0. The Hall–Kier alpha value is -4.06. The van der Waals surface area contributed by atoms with Gasteiger partial charge in [-0.05, 0) is 52.6 Å². The van der Waals surface area contributed by atoms with Crippen LogP contribution >= 0.6 is 0 Å². The Morgan fingerprint density at radius 2 is 1.61 bits per heavy atom. The van der Waals surface area contributed by atoms with E-state index in [0.29, 0.717) is 12.1 Å². The van der Waals surface area contributed by atoms with Crippen LogP contribution in [0.1, 0.15) is 57.1 Å². The number of esters is 1. The van der Waals surface area contributed by atoms with Crippen LogP contribution in [0.25, 0.3) is 11.1 Å². The van der Waals surface area contributed by atoms with E-state index in [1.807, 2.05) is 24.3 Å². The van der Waals surface area contributed by atoms with E-state index in [1.165, 1.54) is 0 Å². The molecular formula is C32H35NO5. The van der Waals surface area contributed by atoms with Crippen LogP contribution in [0.5, 0.6) is 11.5 Å². The fourth-order valence-electron chi connectivity index (χ4n) is 4.67. The molecule has 0 fully saturated rings. The van der Waals surface area contributed by atoms with Gasteiger partial charge in [-0.25, -0.2) is 4.79 Å². The van der Waals surface area contributed by atoms with Crippen molar-refractivity contribution in [2.24, 2.45) is 5.41 Å². The van der Waals surface area contributed by atoms with Gasteiger partial charge in [-0.15, -0.1) is 0 Å². The predicted octanol–water partition coefficient (Wildman–Crippen LogP) is 7.73. The predicted molar refractivity (Wildman–Crippen MR) is 150 cm³/mol. The highest BCUT2D eigenvalue weighted by Crippen LogP contribution is 2.44. The van der Waals surface area contributed by atoms with Gasteiger partial charge in [-0.1, -0.05) is 88.0 Å². The first-order valence-corrected chi connectivity index (χ1v) is 13.0. The van der Waals surface area contributed by atoms with E-state index >= 15 is 0 Å². The molecule has 0 spiro atoms. The average molecular weight is 514 g/mol. The summed E-state index contributed by atoms with van der Waals surface area (Å²) in [5, 5.41) is 2.76. The molecule has 0 aromatic heterocycles. The van der Waals surface area contributed by atoms with Crippen LogP contribution in [0.2, 0.25) is 0 Å². The lowest BCUT2D eigenvalue weighted by molar-refractivity contribution is -0.134. The van der Waals surface area contributed by atoms with E-state index < -0.39 is 6.09 Å². The van der Waals surface area contributed by atoms with E-state index in [4.69, 9.17) is 14.2 Å². The smallest absolute Gasteiger partial charge is 0.411 e. The lowest BCUT2D eigenvalue weighted by Crippen LogP contribution is -2.19.